The Kier molecular flexibility index (Phi) is 10.1. The van der Waals surface area contributed by atoms with Gasteiger partial charge in [-0.25, -0.2) is 0 Å². The summed E-state index contributed by atoms with van der Waals surface area (Å²) in [5.74, 6) is -0.371. The molecule has 1 heterocycles. The molecular formula is C44H42N2O5. The molecule has 7 heteroatoms. The highest BCUT2D eigenvalue weighted by atomic mass is 16.7. The molecule has 6 aromatic rings. The number of likely N-dealkylation sites (N-methyl/N-ethyl adjacent to an activating group) is 1. The molecule has 6 aromatic carbocycles. The molecule has 0 bridgehead atoms. The van der Waals surface area contributed by atoms with Gasteiger partial charge in [-0.1, -0.05) is 104 Å². The van der Waals surface area contributed by atoms with Gasteiger partial charge in [0.15, 0.2) is 12.1 Å². The summed E-state index contributed by atoms with van der Waals surface area (Å²) in [5, 5.41) is 17.5. The molecule has 4 unspecified atom stereocenters. The van der Waals surface area contributed by atoms with Gasteiger partial charge in [-0.2, -0.15) is 0 Å². The highest BCUT2D eigenvalue weighted by molar-refractivity contribution is 6.05. The van der Waals surface area contributed by atoms with Crippen LogP contribution in [0.25, 0.3) is 21.5 Å². The molecule has 7 rings (SSSR count). The fourth-order valence-corrected chi connectivity index (χ4v) is 7.09. The maximum absolute atomic E-state index is 13.4. The molecule has 51 heavy (non-hydrogen) atoms. The molecule has 1 fully saturated rings. The van der Waals surface area contributed by atoms with Gasteiger partial charge < -0.3 is 19.9 Å². The normalized spacial score (nSPS) is 19.0. The number of aliphatic hydroxyl groups is 1. The summed E-state index contributed by atoms with van der Waals surface area (Å²) in [5.41, 5.74) is 5.38. The Balaban J connectivity index is 1.17. The highest BCUT2D eigenvalue weighted by Gasteiger charge is 2.39. The van der Waals surface area contributed by atoms with Crippen LogP contribution in [0, 0.1) is 5.92 Å². The number of ketones is 1. The molecule has 0 radical (unpaired) electrons. The second-order valence-corrected chi connectivity index (χ2v) is 13.5. The van der Waals surface area contributed by atoms with Crippen LogP contribution in [0.3, 0.4) is 0 Å². The minimum atomic E-state index is -0.728. The lowest BCUT2D eigenvalue weighted by Gasteiger charge is -2.42. The number of rotatable bonds is 10. The molecule has 2 N–H and O–H groups in total. The minimum Gasteiger partial charge on any atom is -0.392 e. The number of nitrogens with one attached hydrogen (secondary N) is 1. The quantitative estimate of drug-likeness (QED) is 0.111. The summed E-state index contributed by atoms with van der Waals surface area (Å²) in [7, 11) is 2.13. The van der Waals surface area contributed by atoms with Crippen LogP contribution in [0.5, 0.6) is 0 Å². The van der Waals surface area contributed by atoms with Crippen LogP contribution in [0.1, 0.15) is 69.2 Å². The van der Waals surface area contributed by atoms with Crippen molar-refractivity contribution in [3.8, 4) is 0 Å². The number of nitrogens with zero attached hydrogens (tertiary/aromatic N) is 1. The zero-order valence-electron chi connectivity index (χ0n) is 29.1. The van der Waals surface area contributed by atoms with Gasteiger partial charge in [-0.3, -0.25) is 14.5 Å². The predicted molar refractivity (Wildman–Crippen MR) is 202 cm³/mol. The fourth-order valence-electron chi connectivity index (χ4n) is 7.09. The zero-order valence-corrected chi connectivity index (χ0v) is 29.1. The lowest BCUT2D eigenvalue weighted by Crippen LogP contribution is -2.43. The Morgan fingerprint density at radius 2 is 1.41 bits per heavy atom. The van der Waals surface area contributed by atoms with Crippen molar-refractivity contribution in [2.24, 2.45) is 5.92 Å². The largest absolute Gasteiger partial charge is 0.392 e. The number of amides is 1. The van der Waals surface area contributed by atoms with E-state index >= 15 is 0 Å². The number of carbonyl (C=O) groups excluding carboxylic acids is 2. The second-order valence-electron chi connectivity index (χ2n) is 13.5. The lowest BCUT2D eigenvalue weighted by atomic mass is 9.89. The van der Waals surface area contributed by atoms with Gasteiger partial charge in [0.2, 0.25) is 0 Å². The molecule has 7 nitrogen and oxygen atoms in total. The third-order valence-corrected chi connectivity index (χ3v) is 9.87. The average molecular weight is 679 g/mol. The second kappa shape index (κ2) is 15.0. The summed E-state index contributed by atoms with van der Waals surface area (Å²) in [6.07, 6.45) is -1.22. The van der Waals surface area contributed by atoms with E-state index in [-0.39, 0.29) is 36.4 Å². The molecule has 1 aliphatic rings. The zero-order chi connectivity index (χ0) is 35.5. The third-order valence-electron chi connectivity index (χ3n) is 9.87. The van der Waals surface area contributed by atoms with E-state index in [1.807, 2.05) is 36.4 Å². The van der Waals surface area contributed by atoms with E-state index in [1.54, 1.807) is 36.4 Å². The van der Waals surface area contributed by atoms with Gasteiger partial charge in [0.05, 0.1) is 18.8 Å². The number of carbonyl (C=O) groups is 2. The molecule has 0 saturated carbocycles. The molecular weight excluding hydrogens is 636 g/mol. The summed E-state index contributed by atoms with van der Waals surface area (Å²) >= 11 is 0. The van der Waals surface area contributed by atoms with E-state index in [0.29, 0.717) is 23.4 Å². The van der Waals surface area contributed by atoms with Gasteiger partial charge in [-0.05, 0) is 82.5 Å². The average Bonchev–Trinajstić information content (AvgIpc) is 3.15. The number of fused-ring (bicyclic) bond motifs is 2. The smallest absolute Gasteiger partial charge is 0.255 e. The van der Waals surface area contributed by atoms with E-state index < -0.39 is 6.29 Å². The number of ether oxygens (including phenoxy) is 2. The number of aliphatic hydroxyl groups excluding tert-OH is 1. The summed E-state index contributed by atoms with van der Waals surface area (Å²) in [4.78, 5) is 27.6. The Hall–Kier alpha value is -5.18. The monoisotopic (exact) mass is 678 g/mol. The number of Topliss-reactive ketones (excluding diaryl/α,β-unsaturated/α-hetero) is 1. The van der Waals surface area contributed by atoms with Crippen LogP contribution in [0.2, 0.25) is 0 Å². The topological polar surface area (TPSA) is 88.1 Å². The Morgan fingerprint density at radius 3 is 2.10 bits per heavy atom. The maximum Gasteiger partial charge on any atom is 0.255 e. The van der Waals surface area contributed by atoms with Crippen LogP contribution in [0.15, 0.2) is 127 Å². The first-order valence-corrected chi connectivity index (χ1v) is 17.4. The molecule has 4 atom stereocenters. The fraction of sp³-hybridized carbons (Fsp3) is 0.227. The predicted octanol–water partition coefficient (Wildman–Crippen LogP) is 8.86. The van der Waals surface area contributed by atoms with Crippen molar-refractivity contribution in [2.75, 3.05) is 18.9 Å². The lowest BCUT2D eigenvalue weighted by molar-refractivity contribution is -0.276. The maximum atomic E-state index is 13.4. The molecule has 1 saturated heterocycles. The van der Waals surface area contributed by atoms with Gasteiger partial charge in [0.1, 0.15) is 0 Å². The Labute approximate surface area is 298 Å². The van der Waals surface area contributed by atoms with Crippen LogP contribution in [-0.2, 0) is 22.6 Å². The number of hydrogen-bond donors (Lipinski definition) is 2. The molecule has 0 spiro atoms. The number of benzene rings is 6. The van der Waals surface area contributed by atoms with E-state index in [4.69, 9.17) is 9.47 Å². The summed E-state index contributed by atoms with van der Waals surface area (Å²) < 4.78 is 13.5. The molecule has 1 amide bonds. The van der Waals surface area contributed by atoms with Crippen molar-refractivity contribution < 1.29 is 24.2 Å². The van der Waals surface area contributed by atoms with Crippen LogP contribution >= 0.6 is 0 Å². The first-order chi connectivity index (χ1) is 24.8. The minimum absolute atomic E-state index is 0.00651. The van der Waals surface area contributed by atoms with Gasteiger partial charge in [0, 0.05) is 41.4 Å². The van der Waals surface area contributed by atoms with Gasteiger partial charge in [-0.15, -0.1) is 0 Å². The Bertz CT molecular complexity index is 2140. The number of anilines is 1. The van der Waals surface area contributed by atoms with Crippen molar-refractivity contribution in [3.63, 3.8) is 0 Å². The summed E-state index contributed by atoms with van der Waals surface area (Å²) in [6.45, 7) is 5.01. The molecule has 0 aliphatic carbocycles. The van der Waals surface area contributed by atoms with Crippen LogP contribution < -0.4 is 5.32 Å². The van der Waals surface area contributed by atoms with Gasteiger partial charge >= 0.3 is 0 Å². The van der Waals surface area contributed by atoms with E-state index in [0.717, 1.165) is 23.2 Å². The van der Waals surface area contributed by atoms with Crippen LogP contribution in [0.4, 0.5) is 5.69 Å². The van der Waals surface area contributed by atoms with E-state index in [9.17, 15) is 14.7 Å². The van der Waals surface area contributed by atoms with Crippen molar-refractivity contribution >= 4 is 38.9 Å². The SMILES string of the molecule is CC(=O)c1cccc(NC(=O)c2cccc(C3OC(CN(C)Cc4c5ccccc5cc5ccccc45)C(C)C(c4ccc(CO)cc4)O3)c2)c1. The summed E-state index contributed by atoms with van der Waals surface area (Å²) in [6, 6.07) is 41.4. The van der Waals surface area contributed by atoms with Crippen molar-refractivity contribution in [3.05, 3.63) is 161 Å². The third kappa shape index (κ3) is 7.48. The molecule has 258 valence electrons. The van der Waals surface area contributed by atoms with Crippen molar-refractivity contribution in [2.45, 2.75) is 45.5 Å². The van der Waals surface area contributed by atoms with Gasteiger partial charge in [0.25, 0.3) is 5.91 Å². The molecule has 1 aliphatic heterocycles. The molecule has 0 aromatic heterocycles. The van der Waals surface area contributed by atoms with Crippen molar-refractivity contribution in [1.29, 1.82) is 0 Å². The standard InChI is InChI=1S/C44H42N2O5/c1-28-41(26-46(3)25-40-38-16-6-4-10-33(38)22-34-11-5-7-17-39(34)40)50-44(51-42(28)31-20-18-30(27-47)19-21-31)36-14-8-13-35(23-36)43(49)45-37-15-9-12-32(24-37)29(2)48/h4-24,28,41-42,44,47H,25-27H2,1-3H3,(H,45,49). The first-order valence-electron chi connectivity index (χ1n) is 17.4. The van der Waals surface area contributed by atoms with E-state index in [1.165, 1.54) is 34.0 Å². The first kappa shape index (κ1) is 34.3. The highest BCUT2D eigenvalue weighted by Crippen LogP contribution is 2.42. The van der Waals surface area contributed by atoms with Crippen LogP contribution in [-0.4, -0.2) is 41.4 Å². The number of hydrogen-bond acceptors (Lipinski definition) is 6. The Morgan fingerprint density at radius 1 is 0.745 bits per heavy atom. The van der Waals surface area contributed by atoms with E-state index in [2.05, 4.69) is 78.8 Å². The van der Waals surface area contributed by atoms with Crippen molar-refractivity contribution in [1.82, 2.24) is 4.90 Å².